The highest BCUT2D eigenvalue weighted by Crippen LogP contribution is 2.71. The van der Waals surface area contributed by atoms with Gasteiger partial charge in [-0.25, -0.2) is 0 Å². The Bertz CT molecular complexity index is 666. The average molecular weight is 427 g/mol. The smallest absolute Gasteiger partial charge is 0.303 e. The van der Waals surface area contributed by atoms with E-state index in [1.165, 1.54) is 13.3 Å². The topological polar surface area (TPSA) is 105 Å². The van der Waals surface area contributed by atoms with Gasteiger partial charge >= 0.3 is 5.97 Å². The Morgan fingerprint density at radius 1 is 1.10 bits per heavy atom. The maximum absolute atomic E-state index is 11.7. The fourth-order valence-corrected chi connectivity index (χ4v) is 7.15. The van der Waals surface area contributed by atoms with Crippen molar-refractivity contribution in [1.29, 1.82) is 0 Å². The lowest BCUT2D eigenvalue weighted by molar-refractivity contribution is -0.334. The Balaban J connectivity index is 1.60. The molecule has 0 spiro atoms. The summed E-state index contributed by atoms with van der Waals surface area (Å²) < 4.78 is 17.7. The molecule has 30 heavy (non-hydrogen) atoms. The molecule has 0 aromatic heterocycles. The normalized spacial score (nSPS) is 52.1. The van der Waals surface area contributed by atoms with Gasteiger partial charge < -0.3 is 29.5 Å². The summed E-state index contributed by atoms with van der Waals surface area (Å²) >= 11 is 0. The molecule has 3 N–H and O–H groups in total. The van der Waals surface area contributed by atoms with E-state index in [1.807, 2.05) is 0 Å². The molecular formula is C23H38O7. The lowest BCUT2D eigenvalue weighted by Crippen LogP contribution is -2.62. The molecule has 7 heteroatoms. The van der Waals surface area contributed by atoms with Gasteiger partial charge in [-0.2, -0.15) is 0 Å². The van der Waals surface area contributed by atoms with Gasteiger partial charge in [0.15, 0.2) is 12.4 Å². The molecule has 0 aromatic rings. The molecule has 0 aromatic carbocycles. The second-order valence-corrected chi connectivity index (χ2v) is 10.9. The van der Waals surface area contributed by atoms with E-state index < -0.39 is 48.9 Å². The molecule has 1 aliphatic heterocycles. The lowest BCUT2D eigenvalue weighted by Gasteiger charge is -2.47. The van der Waals surface area contributed by atoms with Crippen LogP contribution in [0.2, 0.25) is 0 Å². The van der Waals surface area contributed by atoms with Crippen LogP contribution in [0.5, 0.6) is 0 Å². The van der Waals surface area contributed by atoms with Crippen LogP contribution in [0.4, 0.5) is 0 Å². The molecule has 0 radical (unpaired) electrons. The number of hydrogen-bond donors (Lipinski definition) is 3. The third kappa shape index (κ3) is 3.51. The molecular weight excluding hydrogens is 388 g/mol. The van der Waals surface area contributed by atoms with Crippen LogP contribution in [0.15, 0.2) is 0 Å². The van der Waals surface area contributed by atoms with E-state index in [0.29, 0.717) is 35.0 Å². The number of carbonyl (C=O) groups excluding carboxylic acids is 1. The molecule has 172 valence electrons. The van der Waals surface area contributed by atoms with E-state index in [9.17, 15) is 20.1 Å². The van der Waals surface area contributed by atoms with Gasteiger partial charge in [0, 0.05) is 6.92 Å². The molecule has 0 amide bonds. The highest BCUT2D eigenvalue weighted by atomic mass is 16.7. The Hall–Kier alpha value is -0.730. The first kappa shape index (κ1) is 22.5. The van der Waals surface area contributed by atoms with Crippen LogP contribution in [-0.4, -0.2) is 64.2 Å². The van der Waals surface area contributed by atoms with Crippen molar-refractivity contribution in [2.24, 2.45) is 35.0 Å². The van der Waals surface area contributed by atoms with Crippen LogP contribution in [0.3, 0.4) is 0 Å². The van der Waals surface area contributed by atoms with Crippen LogP contribution in [0, 0.1) is 35.0 Å². The van der Waals surface area contributed by atoms with Crippen molar-refractivity contribution >= 4 is 5.97 Å². The Morgan fingerprint density at radius 2 is 1.80 bits per heavy atom. The summed E-state index contributed by atoms with van der Waals surface area (Å²) in [7, 11) is 0. The molecule has 0 unspecified atom stereocenters. The van der Waals surface area contributed by atoms with Crippen LogP contribution < -0.4 is 0 Å². The minimum Gasteiger partial charge on any atom is -0.454 e. The molecule has 4 rings (SSSR count). The predicted octanol–water partition coefficient (Wildman–Crippen LogP) is 1.86. The van der Waals surface area contributed by atoms with Crippen molar-refractivity contribution < 1.29 is 34.3 Å². The third-order valence-electron chi connectivity index (χ3n) is 8.86. The van der Waals surface area contributed by atoms with E-state index in [2.05, 4.69) is 27.7 Å². The number of carbonyl (C=O) groups is 1. The zero-order valence-corrected chi connectivity index (χ0v) is 18.8. The lowest BCUT2D eigenvalue weighted by atomic mass is 9.74. The van der Waals surface area contributed by atoms with Crippen molar-refractivity contribution in [3.8, 4) is 0 Å². The van der Waals surface area contributed by atoms with Crippen LogP contribution in [-0.2, 0) is 19.0 Å². The van der Waals surface area contributed by atoms with Gasteiger partial charge in [-0.1, -0.05) is 27.2 Å². The van der Waals surface area contributed by atoms with Crippen molar-refractivity contribution in [3.05, 3.63) is 0 Å². The van der Waals surface area contributed by atoms with Gasteiger partial charge in [0.05, 0.1) is 12.2 Å². The minimum atomic E-state index is -1.38. The maximum Gasteiger partial charge on any atom is 0.303 e. The predicted molar refractivity (Wildman–Crippen MR) is 108 cm³/mol. The van der Waals surface area contributed by atoms with Crippen molar-refractivity contribution in [1.82, 2.24) is 0 Å². The molecule has 1 saturated heterocycles. The van der Waals surface area contributed by atoms with Crippen LogP contribution in [0.25, 0.3) is 0 Å². The van der Waals surface area contributed by atoms with Gasteiger partial charge in [-0.15, -0.1) is 0 Å². The Labute approximate surface area is 179 Å². The fraction of sp³-hybridized carbons (Fsp3) is 0.957. The average Bonchev–Trinajstić information content (AvgIpc) is 3.04. The standard InChI is InChI=1S/C23H38O7/c1-11-6-7-13-16(11)17-14(22(17,3)4)8-9-23(13,5)30-21-20(28-12(2)25)19(27)18(26)15(10-24)29-21/h11,13-21,24,26-27H,6-10H2,1-5H3/t11-,13+,14-,15-,16-,17-,18-,19+,20-,21+,23-/m1/s1. The summed E-state index contributed by atoms with van der Waals surface area (Å²) in [4.78, 5) is 11.7. The summed E-state index contributed by atoms with van der Waals surface area (Å²) in [5, 5.41) is 30.4. The van der Waals surface area contributed by atoms with E-state index in [1.54, 1.807) is 0 Å². The molecule has 3 saturated carbocycles. The van der Waals surface area contributed by atoms with E-state index >= 15 is 0 Å². The SMILES string of the molecule is CC(=O)O[C@H]1[C@H](O[C@]2(C)CC[C@@H]3[C@H]([C@@H]4[C@H](C)CC[C@@H]42)C3(C)C)O[C@H](CO)[C@@H](O)[C@@H]1O. The van der Waals surface area contributed by atoms with Crippen LogP contribution >= 0.6 is 0 Å². The summed E-state index contributed by atoms with van der Waals surface area (Å²) in [6.45, 7) is 10.1. The van der Waals surface area contributed by atoms with E-state index in [-0.39, 0.29) is 0 Å². The minimum absolute atomic E-state index is 0.363. The van der Waals surface area contributed by atoms with Crippen molar-refractivity contribution in [3.63, 3.8) is 0 Å². The monoisotopic (exact) mass is 426 g/mol. The Kier molecular flexibility index (Phi) is 5.76. The molecule has 11 atom stereocenters. The first-order chi connectivity index (χ1) is 14.0. The Morgan fingerprint density at radius 3 is 2.43 bits per heavy atom. The number of esters is 1. The van der Waals surface area contributed by atoms with E-state index in [0.717, 1.165) is 19.3 Å². The molecule has 7 nitrogen and oxygen atoms in total. The molecule has 4 aliphatic rings. The van der Waals surface area contributed by atoms with Gasteiger partial charge in [-0.3, -0.25) is 4.79 Å². The molecule has 1 heterocycles. The summed E-state index contributed by atoms with van der Waals surface area (Å²) in [6.07, 6.45) is -1.69. The summed E-state index contributed by atoms with van der Waals surface area (Å²) in [6, 6.07) is 0. The van der Waals surface area contributed by atoms with E-state index in [4.69, 9.17) is 14.2 Å². The zero-order chi connectivity index (χ0) is 22.0. The number of hydrogen-bond acceptors (Lipinski definition) is 7. The van der Waals surface area contributed by atoms with Gasteiger partial charge in [-0.05, 0) is 61.2 Å². The number of fused-ring (bicyclic) bond motifs is 3. The second-order valence-electron chi connectivity index (χ2n) is 10.9. The highest BCUT2D eigenvalue weighted by Gasteiger charge is 2.67. The first-order valence-corrected chi connectivity index (χ1v) is 11.5. The van der Waals surface area contributed by atoms with Crippen molar-refractivity contribution in [2.45, 2.75) is 96.6 Å². The maximum atomic E-state index is 11.7. The molecule has 4 fully saturated rings. The summed E-state index contributed by atoms with van der Waals surface area (Å²) in [5.41, 5.74) is -0.100. The number of aliphatic hydroxyl groups excluding tert-OH is 3. The van der Waals surface area contributed by atoms with Crippen molar-refractivity contribution in [2.75, 3.05) is 6.61 Å². The highest BCUT2D eigenvalue weighted by molar-refractivity contribution is 5.66. The second kappa shape index (κ2) is 7.69. The number of aliphatic hydroxyl groups is 3. The third-order valence-corrected chi connectivity index (χ3v) is 8.86. The molecule has 0 bridgehead atoms. The first-order valence-electron chi connectivity index (χ1n) is 11.5. The summed E-state index contributed by atoms with van der Waals surface area (Å²) in [5.74, 6) is 2.41. The van der Waals surface area contributed by atoms with Crippen LogP contribution in [0.1, 0.15) is 60.3 Å². The van der Waals surface area contributed by atoms with Gasteiger partial charge in [0.1, 0.15) is 18.3 Å². The largest absolute Gasteiger partial charge is 0.454 e. The molecule has 3 aliphatic carbocycles. The number of rotatable bonds is 4. The van der Waals surface area contributed by atoms with Gasteiger partial charge in [0.25, 0.3) is 0 Å². The quantitative estimate of drug-likeness (QED) is 0.589. The van der Waals surface area contributed by atoms with Gasteiger partial charge in [0.2, 0.25) is 0 Å². The zero-order valence-electron chi connectivity index (χ0n) is 18.8. The fourth-order valence-electron chi connectivity index (χ4n) is 7.15. The number of ether oxygens (including phenoxy) is 3.